The summed E-state index contributed by atoms with van der Waals surface area (Å²) in [5, 5.41) is 13.0. The minimum absolute atomic E-state index is 0.263. The van der Waals surface area contributed by atoms with E-state index in [2.05, 4.69) is 51.8 Å². The molecular formula is C17H38N2O. The third-order valence-electron chi connectivity index (χ3n) is 4.24. The molecule has 0 heterocycles. The van der Waals surface area contributed by atoms with Gasteiger partial charge in [0.25, 0.3) is 0 Å². The molecule has 3 nitrogen and oxygen atoms in total. The molecule has 0 aliphatic heterocycles. The van der Waals surface area contributed by atoms with Crippen molar-refractivity contribution in [3.05, 3.63) is 0 Å². The molecule has 0 saturated heterocycles. The van der Waals surface area contributed by atoms with Gasteiger partial charge in [0.15, 0.2) is 0 Å². The lowest BCUT2D eigenvalue weighted by atomic mass is 9.84. The van der Waals surface area contributed by atoms with Gasteiger partial charge in [-0.3, -0.25) is 4.90 Å². The molecule has 0 aliphatic rings. The van der Waals surface area contributed by atoms with Gasteiger partial charge in [-0.1, -0.05) is 41.5 Å². The molecule has 0 spiro atoms. The van der Waals surface area contributed by atoms with E-state index in [0.29, 0.717) is 12.1 Å². The maximum Gasteiger partial charge on any atom is 0.0558 e. The molecule has 0 aromatic rings. The molecular weight excluding hydrogens is 248 g/mol. The summed E-state index contributed by atoms with van der Waals surface area (Å²) in [6.07, 6.45) is 4.66. The standard InChI is InChI=1S/C17H38N2O/c1-7-11-18-16(17(4,5)6)10-12-19(13-14-20)15(8-2)9-3/h15-16,18,20H,7-14H2,1-6H3. The van der Waals surface area contributed by atoms with Gasteiger partial charge < -0.3 is 10.4 Å². The molecule has 0 saturated carbocycles. The summed E-state index contributed by atoms with van der Waals surface area (Å²) in [4.78, 5) is 2.46. The smallest absolute Gasteiger partial charge is 0.0558 e. The molecule has 0 aromatic carbocycles. The van der Waals surface area contributed by atoms with Crippen LogP contribution in [0.2, 0.25) is 0 Å². The second kappa shape index (κ2) is 10.6. The Hall–Kier alpha value is -0.120. The van der Waals surface area contributed by atoms with Crippen LogP contribution in [0.1, 0.15) is 67.2 Å². The highest BCUT2D eigenvalue weighted by Crippen LogP contribution is 2.23. The van der Waals surface area contributed by atoms with Crippen molar-refractivity contribution in [2.24, 2.45) is 5.41 Å². The SMILES string of the molecule is CCCNC(CCN(CCO)C(CC)CC)C(C)(C)C. The summed E-state index contributed by atoms with van der Waals surface area (Å²) in [7, 11) is 0. The van der Waals surface area contributed by atoms with E-state index in [1.165, 1.54) is 19.3 Å². The van der Waals surface area contributed by atoms with Gasteiger partial charge in [0.1, 0.15) is 0 Å². The maximum absolute atomic E-state index is 9.29. The van der Waals surface area contributed by atoms with Crippen molar-refractivity contribution in [3.8, 4) is 0 Å². The van der Waals surface area contributed by atoms with Crippen LogP contribution in [0, 0.1) is 5.41 Å². The zero-order valence-corrected chi connectivity index (χ0v) is 14.7. The zero-order chi connectivity index (χ0) is 15.6. The zero-order valence-electron chi connectivity index (χ0n) is 14.7. The van der Waals surface area contributed by atoms with Crippen molar-refractivity contribution in [1.29, 1.82) is 0 Å². The van der Waals surface area contributed by atoms with Gasteiger partial charge in [-0.15, -0.1) is 0 Å². The summed E-state index contributed by atoms with van der Waals surface area (Å²) in [6.45, 7) is 16.9. The Bertz CT molecular complexity index is 222. The lowest BCUT2D eigenvalue weighted by Gasteiger charge is -2.36. The number of nitrogens with one attached hydrogen (secondary N) is 1. The highest BCUT2D eigenvalue weighted by Gasteiger charge is 2.25. The Labute approximate surface area is 127 Å². The number of rotatable bonds is 11. The monoisotopic (exact) mass is 286 g/mol. The Morgan fingerprint density at radius 1 is 1.05 bits per heavy atom. The van der Waals surface area contributed by atoms with Crippen LogP contribution in [-0.2, 0) is 0 Å². The highest BCUT2D eigenvalue weighted by molar-refractivity contribution is 4.82. The van der Waals surface area contributed by atoms with E-state index in [1.807, 2.05) is 0 Å². The van der Waals surface area contributed by atoms with Gasteiger partial charge in [0.05, 0.1) is 6.61 Å². The van der Waals surface area contributed by atoms with Crippen LogP contribution in [0.3, 0.4) is 0 Å². The fourth-order valence-corrected chi connectivity index (χ4v) is 2.87. The minimum Gasteiger partial charge on any atom is -0.395 e. The number of hydrogen-bond acceptors (Lipinski definition) is 3. The van der Waals surface area contributed by atoms with Crippen LogP contribution in [0.25, 0.3) is 0 Å². The number of aliphatic hydroxyl groups excluding tert-OH is 1. The molecule has 2 N–H and O–H groups in total. The first kappa shape index (κ1) is 19.9. The van der Waals surface area contributed by atoms with E-state index in [9.17, 15) is 5.11 Å². The molecule has 1 atom stereocenters. The van der Waals surface area contributed by atoms with E-state index in [-0.39, 0.29) is 12.0 Å². The summed E-state index contributed by atoms with van der Waals surface area (Å²) in [5.41, 5.74) is 0.286. The normalized spacial score (nSPS) is 14.2. The quantitative estimate of drug-likeness (QED) is 0.612. The van der Waals surface area contributed by atoms with E-state index in [1.54, 1.807) is 0 Å². The van der Waals surface area contributed by atoms with Crippen LogP contribution < -0.4 is 5.32 Å². The fraction of sp³-hybridized carbons (Fsp3) is 1.00. The minimum atomic E-state index is 0.263. The molecule has 3 heteroatoms. The summed E-state index contributed by atoms with van der Waals surface area (Å²) < 4.78 is 0. The van der Waals surface area contributed by atoms with Crippen LogP contribution in [-0.4, -0.2) is 48.3 Å². The molecule has 122 valence electrons. The Morgan fingerprint density at radius 3 is 2.05 bits per heavy atom. The van der Waals surface area contributed by atoms with Gasteiger partial charge in [0, 0.05) is 25.2 Å². The van der Waals surface area contributed by atoms with Crippen LogP contribution in [0.15, 0.2) is 0 Å². The molecule has 0 aliphatic carbocycles. The van der Waals surface area contributed by atoms with Crippen molar-refractivity contribution in [1.82, 2.24) is 10.2 Å². The first-order valence-corrected chi connectivity index (χ1v) is 8.48. The van der Waals surface area contributed by atoms with Gasteiger partial charge in [-0.05, 0) is 37.6 Å². The second-order valence-corrected chi connectivity index (χ2v) is 6.89. The van der Waals surface area contributed by atoms with Crippen LogP contribution >= 0.6 is 0 Å². The Kier molecular flexibility index (Phi) is 10.5. The third kappa shape index (κ3) is 7.61. The molecule has 0 bridgehead atoms. The Balaban J connectivity index is 4.52. The highest BCUT2D eigenvalue weighted by atomic mass is 16.3. The van der Waals surface area contributed by atoms with Crippen molar-refractivity contribution in [3.63, 3.8) is 0 Å². The van der Waals surface area contributed by atoms with Gasteiger partial charge >= 0.3 is 0 Å². The van der Waals surface area contributed by atoms with Gasteiger partial charge in [-0.2, -0.15) is 0 Å². The predicted molar refractivity (Wildman–Crippen MR) is 89.2 cm³/mol. The van der Waals surface area contributed by atoms with Crippen molar-refractivity contribution in [2.75, 3.05) is 26.2 Å². The first-order valence-electron chi connectivity index (χ1n) is 8.48. The van der Waals surface area contributed by atoms with Crippen molar-refractivity contribution < 1.29 is 5.11 Å². The van der Waals surface area contributed by atoms with E-state index in [4.69, 9.17) is 0 Å². The second-order valence-electron chi connectivity index (χ2n) is 6.89. The summed E-state index contributed by atoms with van der Waals surface area (Å²) in [6, 6.07) is 1.15. The molecule has 0 radical (unpaired) electrons. The number of hydrogen-bond donors (Lipinski definition) is 2. The molecule has 1 unspecified atom stereocenters. The average Bonchev–Trinajstić information content (AvgIpc) is 2.38. The number of nitrogens with zero attached hydrogens (tertiary/aromatic N) is 1. The summed E-state index contributed by atoms with van der Waals surface area (Å²) >= 11 is 0. The predicted octanol–water partition coefficient (Wildman–Crippen LogP) is 3.27. The fourth-order valence-electron chi connectivity index (χ4n) is 2.87. The van der Waals surface area contributed by atoms with Crippen LogP contribution in [0.5, 0.6) is 0 Å². The molecule has 0 fully saturated rings. The number of aliphatic hydroxyl groups is 1. The first-order chi connectivity index (χ1) is 9.40. The topological polar surface area (TPSA) is 35.5 Å². The largest absolute Gasteiger partial charge is 0.395 e. The van der Waals surface area contributed by atoms with Crippen molar-refractivity contribution >= 4 is 0 Å². The lowest BCUT2D eigenvalue weighted by Crippen LogP contribution is -2.45. The van der Waals surface area contributed by atoms with Gasteiger partial charge in [0.2, 0.25) is 0 Å². The van der Waals surface area contributed by atoms with E-state index >= 15 is 0 Å². The van der Waals surface area contributed by atoms with Crippen LogP contribution in [0.4, 0.5) is 0 Å². The third-order valence-corrected chi connectivity index (χ3v) is 4.24. The Morgan fingerprint density at radius 2 is 1.65 bits per heavy atom. The van der Waals surface area contributed by atoms with E-state index < -0.39 is 0 Å². The average molecular weight is 287 g/mol. The summed E-state index contributed by atoms with van der Waals surface area (Å²) in [5.74, 6) is 0. The maximum atomic E-state index is 9.29. The van der Waals surface area contributed by atoms with Gasteiger partial charge in [-0.25, -0.2) is 0 Å². The molecule has 0 rings (SSSR count). The molecule has 0 aromatic heterocycles. The molecule has 0 amide bonds. The van der Waals surface area contributed by atoms with E-state index in [0.717, 1.165) is 26.1 Å². The van der Waals surface area contributed by atoms with Crippen molar-refractivity contribution in [2.45, 2.75) is 79.3 Å². The molecule has 20 heavy (non-hydrogen) atoms. The lowest BCUT2D eigenvalue weighted by molar-refractivity contribution is 0.127.